The van der Waals surface area contributed by atoms with Crippen molar-refractivity contribution >= 4 is 17.6 Å². The number of likely N-dealkylation sites (tertiary alicyclic amines) is 1. The smallest absolute Gasteiger partial charge is 0.240 e. The second kappa shape index (κ2) is 7.23. The Bertz CT molecular complexity index is 643. The number of nitrogens with one attached hydrogen (secondary N) is 2. The molecule has 1 aliphatic rings. The molecular formula is C16H21N5O2. The van der Waals surface area contributed by atoms with E-state index in [-0.39, 0.29) is 5.91 Å². The van der Waals surface area contributed by atoms with E-state index in [1.807, 2.05) is 25.1 Å². The first-order valence-electron chi connectivity index (χ1n) is 7.79. The molecule has 3 rings (SSSR count). The van der Waals surface area contributed by atoms with Gasteiger partial charge in [-0.05, 0) is 37.9 Å². The Morgan fingerprint density at radius 1 is 1.48 bits per heavy atom. The Balaban J connectivity index is 1.40. The van der Waals surface area contributed by atoms with Gasteiger partial charge in [-0.25, -0.2) is 4.98 Å². The van der Waals surface area contributed by atoms with Crippen LogP contribution in [0.2, 0.25) is 0 Å². The number of anilines is 2. The fourth-order valence-corrected chi connectivity index (χ4v) is 2.74. The monoisotopic (exact) mass is 315 g/mol. The van der Waals surface area contributed by atoms with Crippen molar-refractivity contribution in [2.45, 2.75) is 13.3 Å². The van der Waals surface area contributed by atoms with Crippen molar-refractivity contribution in [3.8, 4) is 0 Å². The van der Waals surface area contributed by atoms with E-state index in [1.165, 1.54) is 0 Å². The van der Waals surface area contributed by atoms with Gasteiger partial charge in [-0.3, -0.25) is 15.0 Å². The molecule has 3 heterocycles. The van der Waals surface area contributed by atoms with Gasteiger partial charge in [-0.1, -0.05) is 11.2 Å². The third-order valence-electron chi connectivity index (χ3n) is 3.86. The maximum absolute atomic E-state index is 12.0. The lowest BCUT2D eigenvalue weighted by Crippen LogP contribution is -2.32. The summed E-state index contributed by atoms with van der Waals surface area (Å²) in [7, 11) is 0. The number of nitrogens with zero attached hydrogens (tertiary/aromatic N) is 3. The van der Waals surface area contributed by atoms with Crippen molar-refractivity contribution in [2.24, 2.45) is 5.92 Å². The van der Waals surface area contributed by atoms with Crippen molar-refractivity contribution in [3.05, 3.63) is 36.2 Å². The second-order valence-corrected chi connectivity index (χ2v) is 5.87. The summed E-state index contributed by atoms with van der Waals surface area (Å²) >= 11 is 0. The van der Waals surface area contributed by atoms with Gasteiger partial charge in [-0.15, -0.1) is 0 Å². The molecule has 1 saturated heterocycles. The maximum atomic E-state index is 12.0. The van der Waals surface area contributed by atoms with Crippen LogP contribution in [0.25, 0.3) is 0 Å². The molecule has 2 aromatic rings. The summed E-state index contributed by atoms with van der Waals surface area (Å²) < 4.78 is 4.99. The lowest BCUT2D eigenvalue weighted by atomic mass is 10.1. The van der Waals surface area contributed by atoms with Crippen LogP contribution < -0.4 is 10.6 Å². The quantitative estimate of drug-likeness (QED) is 0.845. The van der Waals surface area contributed by atoms with Crippen molar-refractivity contribution in [1.29, 1.82) is 0 Å². The summed E-state index contributed by atoms with van der Waals surface area (Å²) in [5.74, 6) is 1.75. The molecule has 0 unspecified atom stereocenters. The molecule has 122 valence electrons. The van der Waals surface area contributed by atoms with Crippen LogP contribution in [0.5, 0.6) is 0 Å². The first-order valence-corrected chi connectivity index (χ1v) is 7.79. The van der Waals surface area contributed by atoms with Gasteiger partial charge in [0.25, 0.3) is 0 Å². The first kappa shape index (κ1) is 15.5. The van der Waals surface area contributed by atoms with Gasteiger partial charge in [0.2, 0.25) is 11.8 Å². The number of hydrogen-bond acceptors (Lipinski definition) is 6. The van der Waals surface area contributed by atoms with Crippen molar-refractivity contribution in [2.75, 3.05) is 36.8 Å². The van der Waals surface area contributed by atoms with Gasteiger partial charge in [-0.2, -0.15) is 0 Å². The highest BCUT2D eigenvalue weighted by molar-refractivity contribution is 5.90. The van der Waals surface area contributed by atoms with Crippen LogP contribution in [-0.2, 0) is 4.79 Å². The average Bonchev–Trinajstić information content (AvgIpc) is 3.15. The van der Waals surface area contributed by atoms with E-state index >= 15 is 0 Å². The summed E-state index contributed by atoms with van der Waals surface area (Å²) in [5.41, 5.74) is 0.752. The molecule has 1 fully saturated rings. The normalized spacial score (nSPS) is 18.0. The Morgan fingerprint density at radius 2 is 2.39 bits per heavy atom. The molecule has 7 nitrogen and oxygen atoms in total. The number of amides is 1. The molecule has 1 atom stereocenters. The molecule has 2 aromatic heterocycles. The fraction of sp³-hybridized carbons (Fsp3) is 0.438. The van der Waals surface area contributed by atoms with Crippen molar-refractivity contribution in [1.82, 2.24) is 15.0 Å². The van der Waals surface area contributed by atoms with E-state index < -0.39 is 0 Å². The number of carbonyl (C=O) groups excluding carboxylic acids is 1. The third-order valence-corrected chi connectivity index (χ3v) is 3.86. The highest BCUT2D eigenvalue weighted by atomic mass is 16.5. The van der Waals surface area contributed by atoms with Crippen LogP contribution in [0, 0.1) is 12.8 Å². The minimum absolute atomic E-state index is 0.0699. The molecule has 0 aliphatic carbocycles. The van der Waals surface area contributed by atoms with E-state index in [9.17, 15) is 4.79 Å². The third kappa shape index (κ3) is 4.53. The summed E-state index contributed by atoms with van der Waals surface area (Å²) in [6.07, 6.45) is 2.85. The molecule has 0 aromatic carbocycles. The zero-order chi connectivity index (χ0) is 16.1. The van der Waals surface area contributed by atoms with Gasteiger partial charge in [0.15, 0.2) is 0 Å². The van der Waals surface area contributed by atoms with Gasteiger partial charge >= 0.3 is 0 Å². The predicted octanol–water partition coefficient (Wildman–Crippen LogP) is 1.75. The van der Waals surface area contributed by atoms with Crippen LogP contribution >= 0.6 is 0 Å². The van der Waals surface area contributed by atoms with Gasteiger partial charge < -0.3 is 9.84 Å². The molecule has 0 radical (unpaired) electrons. The number of hydrogen-bond donors (Lipinski definition) is 2. The Kier molecular flexibility index (Phi) is 4.87. The van der Waals surface area contributed by atoms with Crippen molar-refractivity contribution < 1.29 is 9.32 Å². The molecule has 1 aliphatic heterocycles. The molecule has 7 heteroatoms. The minimum Gasteiger partial charge on any atom is -0.370 e. The van der Waals surface area contributed by atoms with Gasteiger partial charge in [0, 0.05) is 25.4 Å². The maximum Gasteiger partial charge on any atom is 0.240 e. The van der Waals surface area contributed by atoms with Crippen LogP contribution in [0.1, 0.15) is 12.1 Å². The van der Waals surface area contributed by atoms with E-state index in [0.717, 1.165) is 37.6 Å². The first-order chi connectivity index (χ1) is 11.2. The number of carbonyl (C=O) groups is 1. The number of pyridine rings is 1. The van der Waals surface area contributed by atoms with Crippen LogP contribution in [-0.4, -0.2) is 47.1 Å². The lowest BCUT2D eigenvalue weighted by molar-refractivity contribution is -0.117. The van der Waals surface area contributed by atoms with E-state index in [1.54, 1.807) is 12.3 Å². The van der Waals surface area contributed by atoms with Crippen LogP contribution in [0.15, 0.2) is 35.0 Å². The van der Waals surface area contributed by atoms with Crippen molar-refractivity contribution in [3.63, 3.8) is 0 Å². The highest BCUT2D eigenvalue weighted by Gasteiger charge is 2.24. The molecular weight excluding hydrogens is 294 g/mol. The summed E-state index contributed by atoms with van der Waals surface area (Å²) in [6.45, 7) is 4.90. The van der Waals surface area contributed by atoms with E-state index in [2.05, 4.69) is 25.7 Å². The molecule has 23 heavy (non-hydrogen) atoms. The highest BCUT2D eigenvalue weighted by Crippen LogP contribution is 2.17. The van der Waals surface area contributed by atoms with Gasteiger partial charge in [0.05, 0.1) is 12.2 Å². The predicted molar refractivity (Wildman–Crippen MR) is 87.1 cm³/mol. The standard InChI is InChI=1S/C16H21N5O2/c1-12-8-16(23-20-12)19-15(22)11-21-7-5-13(10-21)9-18-14-4-2-3-6-17-14/h2-4,6,8,13H,5,7,9-11H2,1H3,(H,17,18)(H,19,22)/t13-/m0/s1. The van der Waals surface area contributed by atoms with E-state index in [4.69, 9.17) is 4.52 Å². The lowest BCUT2D eigenvalue weighted by Gasteiger charge is -2.15. The van der Waals surface area contributed by atoms with Crippen LogP contribution in [0.3, 0.4) is 0 Å². The Hall–Kier alpha value is -2.41. The average molecular weight is 315 g/mol. The topological polar surface area (TPSA) is 83.3 Å². The summed E-state index contributed by atoms with van der Waals surface area (Å²) in [6, 6.07) is 7.53. The molecule has 1 amide bonds. The number of aryl methyl sites for hydroxylation is 1. The fourth-order valence-electron chi connectivity index (χ4n) is 2.74. The zero-order valence-corrected chi connectivity index (χ0v) is 13.2. The number of rotatable bonds is 6. The van der Waals surface area contributed by atoms with E-state index in [0.29, 0.717) is 18.3 Å². The molecule has 0 bridgehead atoms. The second-order valence-electron chi connectivity index (χ2n) is 5.87. The Labute approximate surface area is 135 Å². The molecule has 0 saturated carbocycles. The SMILES string of the molecule is Cc1cc(NC(=O)CN2CC[C@@H](CNc3ccccn3)C2)on1. The molecule has 0 spiro atoms. The zero-order valence-electron chi connectivity index (χ0n) is 13.2. The minimum atomic E-state index is -0.0699. The summed E-state index contributed by atoms with van der Waals surface area (Å²) in [4.78, 5) is 18.4. The summed E-state index contributed by atoms with van der Waals surface area (Å²) in [5, 5.41) is 9.82. The Morgan fingerprint density at radius 3 is 3.13 bits per heavy atom. The molecule has 2 N–H and O–H groups in total. The largest absolute Gasteiger partial charge is 0.370 e. The van der Waals surface area contributed by atoms with Crippen LogP contribution in [0.4, 0.5) is 11.7 Å². The van der Waals surface area contributed by atoms with Gasteiger partial charge in [0.1, 0.15) is 5.82 Å². The number of aromatic nitrogens is 2.